The van der Waals surface area contributed by atoms with Crippen LogP contribution >= 0.6 is 0 Å². The largest absolute Gasteiger partial charge is 0.445 e. The molecule has 0 aromatic carbocycles. The van der Waals surface area contributed by atoms with Crippen LogP contribution in [-0.2, 0) is 4.74 Å². The first-order valence-corrected chi connectivity index (χ1v) is 2.08. The van der Waals surface area contributed by atoms with Gasteiger partial charge in [-0.25, -0.2) is 14.5 Å². The summed E-state index contributed by atoms with van der Waals surface area (Å²) in [6, 6.07) is -0.872. The molecule has 2 N–H and O–H groups in total. The molecule has 1 radical (unpaired) electrons. The van der Waals surface area contributed by atoms with Crippen LogP contribution in [0.2, 0.25) is 0 Å². The third kappa shape index (κ3) is 1.98. The first kappa shape index (κ1) is 7.74. The minimum absolute atomic E-state index is 0.604. The highest BCUT2D eigenvalue weighted by Gasteiger charge is 2.11. The maximum Gasteiger partial charge on any atom is 0.417 e. The predicted molar refractivity (Wildman–Crippen MR) is 29.2 cm³/mol. The Bertz CT molecular complexity index is 134. The molecule has 0 spiro atoms. The lowest BCUT2D eigenvalue weighted by molar-refractivity contribution is 0.150. The summed E-state index contributed by atoms with van der Waals surface area (Å²) in [5, 5.41) is 0. The minimum atomic E-state index is -0.873. The third-order valence-electron chi connectivity index (χ3n) is 0.728. The maximum atomic E-state index is 10.3. The summed E-state index contributed by atoms with van der Waals surface area (Å²) in [5.74, 6) is 0. The van der Waals surface area contributed by atoms with Gasteiger partial charge in [0.15, 0.2) is 0 Å². The van der Waals surface area contributed by atoms with E-state index in [1.807, 2.05) is 0 Å². The molecule has 5 heteroatoms. The molecule has 0 aliphatic heterocycles. The van der Waals surface area contributed by atoms with E-state index in [4.69, 9.17) is 0 Å². The van der Waals surface area contributed by atoms with E-state index in [1.165, 1.54) is 7.05 Å². The number of ether oxygens (including phenoxy) is 1. The van der Waals surface area contributed by atoms with Crippen LogP contribution in [0, 0.1) is 7.11 Å². The summed E-state index contributed by atoms with van der Waals surface area (Å²) >= 11 is 0. The molecule has 0 rings (SSSR count). The molecule has 0 bridgehead atoms. The Morgan fingerprint density at radius 2 is 2.11 bits per heavy atom. The molecule has 0 unspecified atom stereocenters. The van der Waals surface area contributed by atoms with Crippen molar-refractivity contribution in [3.05, 3.63) is 7.11 Å². The number of imide groups is 1. The predicted octanol–water partition coefficient (Wildman–Crippen LogP) is -0.0749. The highest BCUT2D eigenvalue weighted by molar-refractivity contribution is 5.89. The molecule has 0 saturated heterocycles. The molecule has 51 valence electrons. The van der Waals surface area contributed by atoms with Gasteiger partial charge in [-0.2, -0.15) is 0 Å². The summed E-state index contributed by atoms with van der Waals surface area (Å²) in [6.45, 7) is 0. The zero-order chi connectivity index (χ0) is 7.44. The van der Waals surface area contributed by atoms with Crippen LogP contribution in [0.4, 0.5) is 9.59 Å². The molecule has 0 aromatic rings. The smallest absolute Gasteiger partial charge is 0.417 e. The number of nitrogens with zero attached hydrogens (tertiary/aromatic N) is 1. The molecular weight excluding hydrogens is 124 g/mol. The average Bonchev–Trinajstić information content (AvgIpc) is 1.84. The summed E-state index contributed by atoms with van der Waals surface area (Å²) in [5.41, 5.74) is 4.67. The Labute approximate surface area is 52.4 Å². The fourth-order valence-electron chi connectivity index (χ4n) is 0.187. The lowest BCUT2D eigenvalue weighted by Crippen LogP contribution is -2.36. The third-order valence-corrected chi connectivity index (χ3v) is 0.728. The van der Waals surface area contributed by atoms with Crippen LogP contribution in [0.15, 0.2) is 0 Å². The fraction of sp³-hybridized carbons (Fsp3) is 0.250. The van der Waals surface area contributed by atoms with Gasteiger partial charge in [-0.3, -0.25) is 0 Å². The Balaban J connectivity index is 3.88. The van der Waals surface area contributed by atoms with Crippen LogP contribution in [-0.4, -0.2) is 24.1 Å². The van der Waals surface area contributed by atoms with E-state index in [-0.39, 0.29) is 0 Å². The second-order valence-electron chi connectivity index (χ2n) is 1.31. The van der Waals surface area contributed by atoms with Crippen molar-refractivity contribution in [2.24, 2.45) is 5.73 Å². The molecule has 0 aliphatic carbocycles. The lowest BCUT2D eigenvalue weighted by Gasteiger charge is -2.08. The number of carbonyl (C=O) groups is 2. The van der Waals surface area contributed by atoms with Crippen molar-refractivity contribution in [2.75, 3.05) is 7.05 Å². The van der Waals surface area contributed by atoms with Gasteiger partial charge in [0, 0.05) is 7.05 Å². The fourth-order valence-corrected chi connectivity index (χ4v) is 0.187. The number of carbonyl (C=O) groups excluding carboxylic acids is 2. The van der Waals surface area contributed by atoms with Crippen molar-refractivity contribution in [1.82, 2.24) is 4.90 Å². The average molecular weight is 131 g/mol. The van der Waals surface area contributed by atoms with Crippen molar-refractivity contribution in [2.45, 2.75) is 0 Å². The first-order chi connectivity index (χ1) is 4.09. The van der Waals surface area contributed by atoms with Crippen LogP contribution in [0.3, 0.4) is 0 Å². The molecule has 9 heavy (non-hydrogen) atoms. The van der Waals surface area contributed by atoms with Gasteiger partial charge < -0.3 is 10.5 Å². The number of amides is 3. The van der Waals surface area contributed by atoms with Gasteiger partial charge in [-0.15, -0.1) is 0 Å². The van der Waals surface area contributed by atoms with Crippen LogP contribution < -0.4 is 5.73 Å². The number of urea groups is 1. The molecule has 0 aromatic heterocycles. The van der Waals surface area contributed by atoms with Crippen LogP contribution in [0.1, 0.15) is 0 Å². The van der Waals surface area contributed by atoms with E-state index in [9.17, 15) is 9.59 Å². The number of hydrogen-bond donors (Lipinski definition) is 1. The molecule has 0 fully saturated rings. The summed E-state index contributed by atoms with van der Waals surface area (Å²) in [7, 11) is 3.98. The Kier molecular flexibility index (Phi) is 2.50. The summed E-state index contributed by atoms with van der Waals surface area (Å²) < 4.78 is 3.91. The second kappa shape index (κ2) is 2.91. The zero-order valence-corrected chi connectivity index (χ0v) is 4.96. The van der Waals surface area contributed by atoms with E-state index in [2.05, 4.69) is 17.6 Å². The number of primary amides is 1. The monoisotopic (exact) mass is 131 g/mol. The van der Waals surface area contributed by atoms with Crippen molar-refractivity contribution in [3.63, 3.8) is 0 Å². The van der Waals surface area contributed by atoms with Gasteiger partial charge in [0.2, 0.25) is 0 Å². The van der Waals surface area contributed by atoms with Gasteiger partial charge >= 0.3 is 12.1 Å². The Hall–Kier alpha value is -1.26. The summed E-state index contributed by atoms with van der Waals surface area (Å²) in [6.07, 6.45) is -0.873. The van der Waals surface area contributed by atoms with E-state index >= 15 is 0 Å². The Morgan fingerprint density at radius 1 is 1.67 bits per heavy atom. The quantitative estimate of drug-likeness (QED) is 0.500. The number of nitrogens with two attached hydrogens (primary N) is 1. The minimum Gasteiger partial charge on any atom is -0.445 e. The molecule has 3 amide bonds. The van der Waals surface area contributed by atoms with Gasteiger partial charge in [0.1, 0.15) is 7.11 Å². The van der Waals surface area contributed by atoms with Crippen LogP contribution in [0.5, 0.6) is 0 Å². The molecule has 0 atom stereocenters. The van der Waals surface area contributed by atoms with E-state index in [1.54, 1.807) is 0 Å². The molecule has 0 aliphatic rings. The normalized spacial score (nSPS) is 8.22. The zero-order valence-electron chi connectivity index (χ0n) is 4.96. The van der Waals surface area contributed by atoms with E-state index in [0.29, 0.717) is 4.90 Å². The summed E-state index contributed by atoms with van der Waals surface area (Å²) in [4.78, 5) is 21.0. The van der Waals surface area contributed by atoms with E-state index < -0.39 is 12.1 Å². The lowest BCUT2D eigenvalue weighted by atomic mass is 10.8. The van der Waals surface area contributed by atoms with Gasteiger partial charge in [-0.05, 0) is 0 Å². The topological polar surface area (TPSA) is 72.6 Å². The Morgan fingerprint density at radius 3 is 2.22 bits per heavy atom. The maximum absolute atomic E-state index is 10.3. The second-order valence-corrected chi connectivity index (χ2v) is 1.31. The highest BCUT2D eigenvalue weighted by atomic mass is 16.5. The molecular formula is C4H7N2O3. The van der Waals surface area contributed by atoms with E-state index in [0.717, 1.165) is 0 Å². The standard InChI is InChI=1S/C4H7N2O3/c1-6(3(5)7)4(8)9-2/h2H2,1H3,(H2,5,7). The van der Waals surface area contributed by atoms with Gasteiger partial charge in [-0.1, -0.05) is 0 Å². The highest BCUT2D eigenvalue weighted by Crippen LogP contribution is 1.86. The van der Waals surface area contributed by atoms with Crippen molar-refractivity contribution >= 4 is 12.1 Å². The molecule has 5 nitrogen and oxygen atoms in total. The molecule has 0 saturated carbocycles. The SMILES string of the molecule is [CH2]OC(=O)N(C)C(N)=O. The first-order valence-electron chi connectivity index (χ1n) is 2.08. The molecule has 0 heterocycles. The van der Waals surface area contributed by atoms with Crippen molar-refractivity contribution in [3.8, 4) is 0 Å². The van der Waals surface area contributed by atoms with Gasteiger partial charge in [0.05, 0.1) is 0 Å². The number of hydrogen-bond acceptors (Lipinski definition) is 3. The van der Waals surface area contributed by atoms with Crippen molar-refractivity contribution in [1.29, 1.82) is 0 Å². The van der Waals surface area contributed by atoms with Gasteiger partial charge in [0.25, 0.3) is 0 Å². The van der Waals surface area contributed by atoms with Crippen molar-refractivity contribution < 1.29 is 14.3 Å². The van der Waals surface area contributed by atoms with Crippen LogP contribution in [0.25, 0.3) is 0 Å². The number of rotatable bonds is 0.